The summed E-state index contributed by atoms with van der Waals surface area (Å²) < 4.78 is 23.1. The van der Waals surface area contributed by atoms with Crippen LogP contribution in [-0.4, -0.2) is 68.4 Å². The van der Waals surface area contributed by atoms with Crippen molar-refractivity contribution in [3.05, 3.63) is 58.6 Å². The van der Waals surface area contributed by atoms with Gasteiger partial charge in [0.2, 0.25) is 5.91 Å². The van der Waals surface area contributed by atoms with Gasteiger partial charge in [0.15, 0.2) is 0 Å². The number of ether oxygens (including phenoxy) is 2. The predicted octanol–water partition coefficient (Wildman–Crippen LogP) is 4.00. The number of nitrogens with one attached hydrogen (secondary N) is 3. The van der Waals surface area contributed by atoms with Crippen LogP contribution in [0.2, 0.25) is 5.02 Å². The Kier molecular flexibility index (Phi) is 10.1. The van der Waals surface area contributed by atoms with Gasteiger partial charge < -0.3 is 19.7 Å². The number of anilines is 2. The lowest BCUT2D eigenvalue weighted by molar-refractivity contribution is -0.133. The molecule has 0 fully saturated rings. The second-order valence-electron chi connectivity index (χ2n) is 8.19. The summed E-state index contributed by atoms with van der Waals surface area (Å²) in [5.41, 5.74) is 1.86. The third-order valence-corrected chi connectivity index (χ3v) is 5.89. The van der Waals surface area contributed by atoms with Crippen molar-refractivity contribution in [1.29, 1.82) is 0 Å². The largest absolute Gasteiger partial charge is 0.453 e. The van der Waals surface area contributed by atoms with Gasteiger partial charge in [-0.3, -0.25) is 24.6 Å². The molecular formula is C25H28ClFN4O6. The molecule has 198 valence electrons. The van der Waals surface area contributed by atoms with Crippen molar-refractivity contribution in [3.8, 4) is 0 Å². The number of carbonyl (C=O) groups excluding carboxylic acids is 4. The van der Waals surface area contributed by atoms with E-state index in [0.29, 0.717) is 34.8 Å². The molecule has 0 radical (unpaired) electrons. The zero-order chi connectivity index (χ0) is 26.8. The third kappa shape index (κ3) is 8.07. The maximum absolute atomic E-state index is 13.4. The van der Waals surface area contributed by atoms with Gasteiger partial charge in [-0.1, -0.05) is 11.6 Å². The zero-order valence-corrected chi connectivity index (χ0v) is 21.0. The molecule has 1 aliphatic heterocycles. The molecule has 3 rings (SSSR count). The zero-order valence-electron chi connectivity index (χ0n) is 20.2. The van der Waals surface area contributed by atoms with Crippen LogP contribution in [0.3, 0.4) is 0 Å². The average molecular weight is 535 g/mol. The summed E-state index contributed by atoms with van der Waals surface area (Å²) in [4.78, 5) is 51.1. The van der Waals surface area contributed by atoms with Gasteiger partial charge in [0.05, 0.1) is 20.4 Å². The average Bonchev–Trinajstić information content (AvgIpc) is 2.92. The summed E-state index contributed by atoms with van der Waals surface area (Å²) in [6.07, 6.45) is -0.744. The summed E-state index contributed by atoms with van der Waals surface area (Å²) in [6, 6.07) is 9.81. The topological polar surface area (TPSA) is 126 Å². The van der Waals surface area contributed by atoms with E-state index >= 15 is 0 Å². The molecular weight excluding hydrogens is 507 g/mol. The van der Waals surface area contributed by atoms with Crippen LogP contribution in [0.15, 0.2) is 42.5 Å². The molecule has 0 saturated heterocycles. The van der Waals surface area contributed by atoms with E-state index in [1.54, 1.807) is 18.2 Å². The van der Waals surface area contributed by atoms with E-state index in [1.165, 1.54) is 36.3 Å². The number of rotatable bonds is 6. The van der Waals surface area contributed by atoms with Crippen LogP contribution in [0.4, 0.5) is 25.4 Å². The first kappa shape index (κ1) is 27.7. The van der Waals surface area contributed by atoms with Gasteiger partial charge >= 0.3 is 12.2 Å². The molecule has 1 atom stereocenters. The molecule has 1 unspecified atom stereocenters. The smallest absolute Gasteiger partial charge is 0.411 e. The number of hydrogen-bond acceptors (Lipinski definition) is 6. The van der Waals surface area contributed by atoms with Crippen LogP contribution in [0, 0.1) is 0 Å². The molecule has 10 nitrogen and oxygen atoms in total. The number of alkyl halides is 1. The van der Waals surface area contributed by atoms with Gasteiger partial charge in [0.1, 0.15) is 6.04 Å². The molecule has 0 bridgehead atoms. The lowest BCUT2D eigenvalue weighted by atomic mass is 10.1. The molecule has 1 heterocycles. The van der Waals surface area contributed by atoms with E-state index in [0.717, 1.165) is 0 Å². The Morgan fingerprint density at radius 1 is 1.19 bits per heavy atom. The number of amides is 4. The number of nitrogens with zero attached hydrogens (tertiary/aromatic N) is 1. The van der Waals surface area contributed by atoms with Crippen LogP contribution in [0.5, 0.6) is 0 Å². The highest BCUT2D eigenvalue weighted by Gasteiger charge is 2.27. The maximum Gasteiger partial charge on any atom is 0.411 e. The Morgan fingerprint density at radius 2 is 1.95 bits per heavy atom. The number of methoxy groups -OCH3 is 1. The Labute approximate surface area is 218 Å². The predicted molar refractivity (Wildman–Crippen MR) is 136 cm³/mol. The van der Waals surface area contributed by atoms with E-state index < -0.39 is 36.7 Å². The summed E-state index contributed by atoms with van der Waals surface area (Å²) >= 11 is 6.12. The molecule has 3 N–H and O–H groups in total. The molecule has 0 aromatic heterocycles. The monoisotopic (exact) mass is 534 g/mol. The first-order valence-corrected chi connectivity index (χ1v) is 12.0. The molecule has 0 aliphatic carbocycles. The molecule has 4 amide bonds. The number of benzene rings is 2. The number of halogens is 2. The summed E-state index contributed by atoms with van der Waals surface area (Å²) in [5.74, 6) is -1.01. The van der Waals surface area contributed by atoms with Gasteiger partial charge in [-0.05, 0) is 60.9 Å². The van der Waals surface area contributed by atoms with Gasteiger partial charge in [0.25, 0.3) is 5.91 Å². The Morgan fingerprint density at radius 3 is 2.65 bits per heavy atom. The Bertz CT molecular complexity index is 1130. The number of hydrogen-bond donors (Lipinski definition) is 3. The Balaban J connectivity index is 1.73. The first-order valence-electron chi connectivity index (χ1n) is 11.6. The number of fused-ring (bicyclic) bond motifs is 1. The minimum absolute atomic E-state index is 0.0740. The van der Waals surface area contributed by atoms with E-state index in [2.05, 4.69) is 20.7 Å². The summed E-state index contributed by atoms with van der Waals surface area (Å²) in [5, 5.41) is 8.23. The van der Waals surface area contributed by atoms with Gasteiger partial charge in [-0.25, -0.2) is 9.59 Å². The fourth-order valence-electron chi connectivity index (χ4n) is 3.75. The van der Waals surface area contributed by atoms with Crippen LogP contribution in [-0.2, 0) is 20.7 Å². The van der Waals surface area contributed by atoms with E-state index in [-0.39, 0.29) is 31.7 Å². The van der Waals surface area contributed by atoms with Gasteiger partial charge in [-0.15, -0.1) is 0 Å². The fraction of sp³-hybridized carbons (Fsp3) is 0.360. The van der Waals surface area contributed by atoms with Crippen LogP contribution in [0.1, 0.15) is 28.8 Å². The quantitative estimate of drug-likeness (QED) is 0.514. The molecule has 37 heavy (non-hydrogen) atoms. The molecule has 12 heteroatoms. The minimum Gasteiger partial charge on any atom is -0.453 e. The second-order valence-corrected chi connectivity index (χ2v) is 8.63. The van der Waals surface area contributed by atoms with E-state index in [1.807, 2.05) is 0 Å². The van der Waals surface area contributed by atoms with Crippen molar-refractivity contribution >= 4 is 47.0 Å². The van der Waals surface area contributed by atoms with Crippen molar-refractivity contribution in [2.75, 3.05) is 44.1 Å². The summed E-state index contributed by atoms with van der Waals surface area (Å²) in [7, 11) is 1.23. The van der Waals surface area contributed by atoms with Gasteiger partial charge in [-0.2, -0.15) is 0 Å². The first-order chi connectivity index (χ1) is 17.8. The second kappa shape index (κ2) is 13.4. The highest BCUT2D eigenvalue weighted by molar-refractivity contribution is 6.30. The van der Waals surface area contributed by atoms with Crippen molar-refractivity contribution < 1.29 is 33.0 Å². The van der Waals surface area contributed by atoms with Crippen molar-refractivity contribution in [3.63, 3.8) is 0 Å². The molecule has 2 aromatic carbocycles. The number of cyclic esters (lactones) is 1. The SMILES string of the molecule is COC(=O)Nc1ccc(C(=O)NC(CCF)C(=O)N2CCCOC(=O)Nc3ccc(Cl)cc3CC2)cc1. The molecule has 1 aliphatic rings. The molecule has 0 spiro atoms. The lowest BCUT2D eigenvalue weighted by Gasteiger charge is -2.28. The third-order valence-electron chi connectivity index (χ3n) is 5.65. The van der Waals surface area contributed by atoms with Crippen molar-refractivity contribution in [2.45, 2.75) is 25.3 Å². The highest BCUT2D eigenvalue weighted by atomic mass is 35.5. The lowest BCUT2D eigenvalue weighted by Crippen LogP contribution is -2.49. The Hall–Kier alpha value is -3.86. The molecule has 2 aromatic rings. The minimum atomic E-state index is -1.10. The standard InChI is InChI=1S/C25H28ClFN4O6/c1-36-24(34)28-19-6-3-16(4-7-19)22(32)29-21(9-11-27)23(33)31-12-2-14-37-25(35)30-20-8-5-18(26)15-17(20)10-13-31/h3-8,15,21H,2,9-14H2,1H3,(H,28,34)(H,29,32)(H,30,35). The van der Waals surface area contributed by atoms with Crippen molar-refractivity contribution in [1.82, 2.24) is 10.2 Å². The van der Waals surface area contributed by atoms with E-state index in [9.17, 15) is 23.6 Å². The van der Waals surface area contributed by atoms with Crippen molar-refractivity contribution in [2.24, 2.45) is 0 Å². The van der Waals surface area contributed by atoms with Crippen LogP contribution in [0.25, 0.3) is 0 Å². The molecule has 0 saturated carbocycles. The number of carbonyl (C=O) groups is 4. The fourth-order valence-corrected chi connectivity index (χ4v) is 3.94. The normalized spacial score (nSPS) is 14.7. The summed E-state index contributed by atoms with van der Waals surface area (Å²) in [6.45, 7) is -0.236. The maximum atomic E-state index is 13.4. The van der Waals surface area contributed by atoms with Gasteiger partial charge in [0, 0.05) is 41.5 Å². The van der Waals surface area contributed by atoms with Crippen LogP contribution >= 0.6 is 11.6 Å². The van der Waals surface area contributed by atoms with Crippen LogP contribution < -0.4 is 16.0 Å². The van der Waals surface area contributed by atoms with E-state index in [4.69, 9.17) is 16.3 Å². The highest BCUT2D eigenvalue weighted by Crippen LogP contribution is 2.22.